The maximum absolute atomic E-state index is 11.5. The molecule has 0 rings (SSSR count). The van der Waals surface area contributed by atoms with Crippen LogP contribution in [0.2, 0.25) is 0 Å². The van der Waals surface area contributed by atoms with Gasteiger partial charge < -0.3 is 15.3 Å². The van der Waals surface area contributed by atoms with Crippen LogP contribution in [0.25, 0.3) is 0 Å². The van der Waals surface area contributed by atoms with Gasteiger partial charge in [-0.05, 0) is 25.9 Å². The molecule has 0 saturated heterocycles. The number of nitrogens with one attached hydrogen (secondary N) is 1. The third-order valence-electron chi connectivity index (χ3n) is 2.44. The monoisotopic (exact) mass is 228 g/mol. The molecule has 0 aliphatic carbocycles. The van der Waals surface area contributed by atoms with Crippen molar-refractivity contribution in [1.29, 1.82) is 0 Å². The average molecular weight is 228 g/mol. The Morgan fingerprint density at radius 3 is 2.62 bits per heavy atom. The van der Waals surface area contributed by atoms with Gasteiger partial charge >= 0.3 is 0 Å². The van der Waals surface area contributed by atoms with E-state index in [1.165, 1.54) is 0 Å². The molecule has 0 fully saturated rings. The van der Waals surface area contributed by atoms with Gasteiger partial charge in [0.25, 0.3) is 5.91 Å². The van der Waals surface area contributed by atoms with Gasteiger partial charge in [0.15, 0.2) is 0 Å². The summed E-state index contributed by atoms with van der Waals surface area (Å²) in [6.45, 7) is 8.12. The fourth-order valence-corrected chi connectivity index (χ4v) is 1.39. The average Bonchev–Trinajstić information content (AvgIpc) is 2.31. The summed E-state index contributed by atoms with van der Waals surface area (Å²) >= 11 is 0. The summed E-state index contributed by atoms with van der Waals surface area (Å²) in [4.78, 5) is 13.1. The number of hydrogen-bond donors (Lipinski definition) is 2. The molecule has 1 amide bonds. The number of aliphatic hydroxyl groups excluding tert-OH is 1. The van der Waals surface area contributed by atoms with Crippen molar-refractivity contribution in [3.63, 3.8) is 0 Å². The lowest BCUT2D eigenvalue weighted by Crippen LogP contribution is -2.29. The first kappa shape index (κ1) is 15.1. The minimum absolute atomic E-state index is 0.158. The molecular formula is C12H24N2O2. The topological polar surface area (TPSA) is 52.6 Å². The second-order valence-corrected chi connectivity index (χ2v) is 3.90. The predicted molar refractivity (Wildman–Crippen MR) is 66.3 cm³/mol. The van der Waals surface area contributed by atoms with Crippen molar-refractivity contribution in [3.8, 4) is 0 Å². The number of nitrogens with zero attached hydrogens (tertiary/aromatic N) is 1. The van der Waals surface area contributed by atoms with E-state index in [9.17, 15) is 4.79 Å². The van der Waals surface area contributed by atoms with E-state index in [4.69, 9.17) is 5.11 Å². The first-order chi connectivity index (χ1) is 7.63. The van der Waals surface area contributed by atoms with E-state index < -0.39 is 0 Å². The standard InChI is InChI=1S/C12H24N2O2/c1-4-13-8-6-5-7-9-14(3)12(16)11(2)10-15/h13,15H,2,4-10H2,1,3H3. The number of unbranched alkanes of at least 4 members (excludes halogenated alkanes) is 2. The molecule has 0 saturated carbocycles. The molecular weight excluding hydrogens is 204 g/mol. The summed E-state index contributed by atoms with van der Waals surface area (Å²) in [5, 5.41) is 12.0. The van der Waals surface area contributed by atoms with E-state index in [-0.39, 0.29) is 18.1 Å². The van der Waals surface area contributed by atoms with Gasteiger partial charge in [0.05, 0.1) is 6.61 Å². The summed E-state index contributed by atoms with van der Waals surface area (Å²) in [6.07, 6.45) is 3.24. The van der Waals surface area contributed by atoms with Gasteiger partial charge in [-0.25, -0.2) is 0 Å². The molecule has 0 aromatic rings. The number of carbonyl (C=O) groups excluding carboxylic acids is 1. The second-order valence-electron chi connectivity index (χ2n) is 3.90. The Balaban J connectivity index is 3.53. The number of carbonyl (C=O) groups is 1. The molecule has 94 valence electrons. The van der Waals surface area contributed by atoms with Gasteiger partial charge in [-0.15, -0.1) is 0 Å². The van der Waals surface area contributed by atoms with E-state index >= 15 is 0 Å². The molecule has 0 aliphatic heterocycles. The summed E-state index contributed by atoms with van der Waals surface area (Å²) in [5.41, 5.74) is 0.259. The van der Waals surface area contributed by atoms with Crippen molar-refractivity contribution < 1.29 is 9.90 Å². The third-order valence-corrected chi connectivity index (χ3v) is 2.44. The maximum atomic E-state index is 11.5. The Labute approximate surface area is 98.3 Å². The number of amides is 1. The van der Waals surface area contributed by atoms with Crippen LogP contribution >= 0.6 is 0 Å². The number of hydrogen-bond acceptors (Lipinski definition) is 3. The van der Waals surface area contributed by atoms with Gasteiger partial charge in [-0.2, -0.15) is 0 Å². The molecule has 0 radical (unpaired) electrons. The fraction of sp³-hybridized carbons (Fsp3) is 0.750. The van der Waals surface area contributed by atoms with E-state index in [1.54, 1.807) is 11.9 Å². The molecule has 4 nitrogen and oxygen atoms in total. The molecule has 0 bridgehead atoms. The van der Waals surface area contributed by atoms with Gasteiger partial charge in [-0.3, -0.25) is 4.79 Å². The van der Waals surface area contributed by atoms with E-state index in [0.29, 0.717) is 0 Å². The Hall–Kier alpha value is -0.870. The molecule has 0 heterocycles. The van der Waals surface area contributed by atoms with Crippen molar-refractivity contribution >= 4 is 5.91 Å². The first-order valence-corrected chi connectivity index (χ1v) is 5.88. The minimum atomic E-state index is -0.260. The lowest BCUT2D eigenvalue weighted by molar-refractivity contribution is -0.126. The summed E-state index contributed by atoms with van der Waals surface area (Å²) in [5.74, 6) is -0.158. The summed E-state index contributed by atoms with van der Waals surface area (Å²) < 4.78 is 0. The van der Waals surface area contributed by atoms with Gasteiger partial charge in [0.2, 0.25) is 0 Å². The van der Waals surface area contributed by atoms with Crippen LogP contribution in [0, 0.1) is 0 Å². The quantitative estimate of drug-likeness (QED) is 0.453. The highest BCUT2D eigenvalue weighted by Crippen LogP contribution is 2.01. The minimum Gasteiger partial charge on any atom is -0.391 e. The van der Waals surface area contributed by atoms with Crippen molar-refractivity contribution in [1.82, 2.24) is 10.2 Å². The maximum Gasteiger partial charge on any atom is 0.251 e. The van der Waals surface area contributed by atoms with E-state index in [2.05, 4.69) is 18.8 Å². The number of likely N-dealkylation sites (N-methyl/N-ethyl adjacent to an activating group) is 1. The van der Waals surface area contributed by atoms with Crippen LogP contribution < -0.4 is 5.32 Å². The van der Waals surface area contributed by atoms with Crippen LogP contribution in [0.5, 0.6) is 0 Å². The molecule has 16 heavy (non-hydrogen) atoms. The first-order valence-electron chi connectivity index (χ1n) is 5.88. The smallest absolute Gasteiger partial charge is 0.251 e. The largest absolute Gasteiger partial charge is 0.391 e. The van der Waals surface area contributed by atoms with Crippen LogP contribution in [0.15, 0.2) is 12.2 Å². The van der Waals surface area contributed by atoms with Crippen molar-refractivity contribution in [2.24, 2.45) is 0 Å². The molecule has 2 N–H and O–H groups in total. The summed E-state index contributed by atoms with van der Waals surface area (Å²) in [6, 6.07) is 0. The highest BCUT2D eigenvalue weighted by molar-refractivity contribution is 5.92. The molecule has 0 unspecified atom stereocenters. The zero-order valence-electron chi connectivity index (χ0n) is 10.5. The van der Waals surface area contributed by atoms with Crippen LogP contribution in [0.1, 0.15) is 26.2 Å². The normalized spacial score (nSPS) is 10.2. The highest BCUT2D eigenvalue weighted by atomic mass is 16.3. The van der Waals surface area contributed by atoms with Gasteiger partial charge in [-0.1, -0.05) is 19.9 Å². The fourth-order valence-electron chi connectivity index (χ4n) is 1.39. The zero-order chi connectivity index (χ0) is 12.4. The van der Waals surface area contributed by atoms with E-state index in [0.717, 1.165) is 38.9 Å². The van der Waals surface area contributed by atoms with Gasteiger partial charge in [0, 0.05) is 19.2 Å². The SMILES string of the molecule is C=C(CO)C(=O)N(C)CCCCCNCC. The molecule has 0 aliphatic rings. The molecule has 0 aromatic carbocycles. The molecule has 0 aromatic heterocycles. The Morgan fingerprint density at radius 2 is 2.06 bits per heavy atom. The summed E-state index contributed by atoms with van der Waals surface area (Å²) in [7, 11) is 1.74. The predicted octanol–water partition coefficient (Wildman–Crippen LogP) is 0.773. The Kier molecular flexibility index (Phi) is 8.85. The Morgan fingerprint density at radius 1 is 1.38 bits per heavy atom. The van der Waals surface area contributed by atoms with Crippen molar-refractivity contribution in [2.75, 3.05) is 33.3 Å². The van der Waals surface area contributed by atoms with Crippen LogP contribution in [-0.2, 0) is 4.79 Å². The van der Waals surface area contributed by atoms with Crippen molar-refractivity contribution in [3.05, 3.63) is 12.2 Å². The van der Waals surface area contributed by atoms with Crippen molar-refractivity contribution in [2.45, 2.75) is 26.2 Å². The molecule has 0 spiro atoms. The van der Waals surface area contributed by atoms with E-state index in [1.807, 2.05) is 0 Å². The van der Waals surface area contributed by atoms with Gasteiger partial charge in [0.1, 0.15) is 0 Å². The molecule has 0 atom stereocenters. The third kappa shape index (κ3) is 6.58. The zero-order valence-corrected chi connectivity index (χ0v) is 10.5. The second kappa shape index (κ2) is 9.36. The highest BCUT2D eigenvalue weighted by Gasteiger charge is 2.10. The van der Waals surface area contributed by atoms with Crippen LogP contribution in [-0.4, -0.2) is 49.2 Å². The lowest BCUT2D eigenvalue weighted by atomic mass is 10.2. The Bertz CT molecular complexity index is 217. The number of rotatable bonds is 9. The van der Waals surface area contributed by atoms with Crippen LogP contribution in [0.4, 0.5) is 0 Å². The van der Waals surface area contributed by atoms with Crippen LogP contribution in [0.3, 0.4) is 0 Å². The lowest BCUT2D eigenvalue weighted by Gasteiger charge is -2.17. The molecule has 4 heteroatoms. The number of aliphatic hydroxyl groups is 1.